The van der Waals surface area contributed by atoms with Crippen molar-refractivity contribution in [2.75, 3.05) is 0 Å². The Bertz CT molecular complexity index is 717. The lowest BCUT2D eigenvalue weighted by atomic mass is 9.78. The molecule has 0 radical (unpaired) electrons. The number of hydrogen-bond donors (Lipinski definition) is 1. The first-order valence-corrected chi connectivity index (χ1v) is 15.2. The van der Waals surface area contributed by atoms with Gasteiger partial charge in [0.05, 0.1) is 6.26 Å². The smallest absolute Gasteiger partial charge is 0.0791 e. The van der Waals surface area contributed by atoms with Crippen LogP contribution in [0.25, 0.3) is 5.57 Å². The van der Waals surface area contributed by atoms with Crippen LogP contribution in [0.15, 0.2) is 36.1 Å². The first-order chi connectivity index (χ1) is 16.6. The van der Waals surface area contributed by atoms with Gasteiger partial charge in [-0.1, -0.05) is 83.9 Å². The molecule has 0 aliphatic heterocycles. The molecule has 34 heavy (non-hydrogen) atoms. The first kappa shape index (κ1) is 30.8. The highest BCUT2D eigenvalue weighted by Gasteiger charge is 2.20. The van der Waals surface area contributed by atoms with E-state index in [1.165, 1.54) is 95.5 Å². The second kappa shape index (κ2) is 19.0. The molecule has 1 aromatic heterocycles. The van der Waals surface area contributed by atoms with Crippen LogP contribution in [0.3, 0.4) is 0 Å². The third kappa shape index (κ3) is 11.0. The summed E-state index contributed by atoms with van der Waals surface area (Å²) in [5, 5.41) is 8.57. The lowest BCUT2D eigenvalue weighted by Gasteiger charge is -2.28. The van der Waals surface area contributed by atoms with E-state index < -0.39 is 0 Å². The van der Waals surface area contributed by atoms with Crippen LogP contribution >= 0.6 is 11.3 Å². The Morgan fingerprint density at radius 1 is 0.971 bits per heavy atom. The molecule has 0 unspecified atom stereocenters. The largest absolute Gasteiger partial charge is 0.516 e. The molecule has 2 fully saturated rings. The molecule has 0 amide bonds. The van der Waals surface area contributed by atoms with Crippen LogP contribution in [0.4, 0.5) is 0 Å². The second-order valence-corrected chi connectivity index (χ2v) is 10.9. The average molecular weight is 487 g/mol. The fourth-order valence-electron chi connectivity index (χ4n) is 5.23. The Hall–Kier alpha value is -1.28. The summed E-state index contributed by atoms with van der Waals surface area (Å²) in [6.45, 7) is 12.9. The molecule has 4 rings (SSSR count). The van der Waals surface area contributed by atoms with Crippen LogP contribution in [-0.2, 0) is 12.8 Å². The van der Waals surface area contributed by atoms with Gasteiger partial charge in [0, 0.05) is 9.75 Å². The van der Waals surface area contributed by atoms with Gasteiger partial charge in [-0.05, 0) is 100 Å². The van der Waals surface area contributed by atoms with E-state index in [0.717, 1.165) is 18.1 Å². The molecule has 1 N–H and O–H groups in total. The Balaban J connectivity index is 0.000000267. The predicted molar refractivity (Wildman–Crippen MR) is 156 cm³/mol. The van der Waals surface area contributed by atoms with Gasteiger partial charge in [0.25, 0.3) is 0 Å². The maximum absolute atomic E-state index is 8.57. The zero-order valence-electron chi connectivity index (χ0n) is 23.3. The number of fused-ring (bicyclic) bond motifs is 1. The summed E-state index contributed by atoms with van der Waals surface area (Å²) >= 11 is 2.01. The molecular weight excluding hydrogens is 432 g/mol. The average Bonchev–Trinajstić information content (AvgIpc) is 3.62. The number of thiophene rings is 1. The van der Waals surface area contributed by atoms with E-state index >= 15 is 0 Å². The molecule has 1 heterocycles. The van der Waals surface area contributed by atoms with E-state index in [4.69, 9.17) is 5.11 Å². The van der Waals surface area contributed by atoms with Crippen LogP contribution in [-0.4, -0.2) is 5.11 Å². The molecular formula is C32H54OS. The van der Waals surface area contributed by atoms with Crippen molar-refractivity contribution < 1.29 is 5.11 Å². The van der Waals surface area contributed by atoms with E-state index in [-0.39, 0.29) is 0 Å². The monoisotopic (exact) mass is 486 g/mol. The number of allylic oxidation sites excluding steroid dienone is 5. The minimum absolute atomic E-state index is 0.758. The SMILES string of the molecule is C1CCCC1.CC.CC=C1CCCc2sc(CC)cc21.CCC1CCC(/C(C)=C/C=C\O)CC1. The van der Waals surface area contributed by atoms with Crippen molar-refractivity contribution in [3.63, 3.8) is 0 Å². The van der Waals surface area contributed by atoms with Gasteiger partial charge < -0.3 is 5.11 Å². The fraction of sp³-hybridized carbons (Fsp3) is 0.688. The zero-order chi connectivity index (χ0) is 25.2. The standard InChI is InChI=1S/C13H22O.C12H16S.C5H10.C2H6/c1-3-12-6-8-13(9-7-12)11(2)5-4-10-14;1-3-9-6-5-7-12-11(9)8-10(4-2)13-12;1-2-4-5-3-1;1-2/h4-5,10,12-14H,3,6-9H2,1-2H3;3,8H,4-7H2,1-2H3;1-5H2;1-2H3/b10-4-,11-5+;;;. The van der Waals surface area contributed by atoms with Crippen LogP contribution in [0, 0.1) is 11.8 Å². The van der Waals surface area contributed by atoms with E-state index in [2.05, 4.69) is 39.8 Å². The third-order valence-electron chi connectivity index (χ3n) is 7.52. The summed E-state index contributed by atoms with van der Waals surface area (Å²) < 4.78 is 0. The van der Waals surface area contributed by atoms with Gasteiger partial charge in [-0.25, -0.2) is 0 Å². The maximum Gasteiger partial charge on any atom is 0.0791 e. The van der Waals surface area contributed by atoms with E-state index in [1.807, 2.05) is 31.3 Å². The van der Waals surface area contributed by atoms with Crippen molar-refractivity contribution in [3.05, 3.63) is 51.4 Å². The molecule has 194 valence electrons. The summed E-state index contributed by atoms with van der Waals surface area (Å²) in [6.07, 6.45) is 26.5. The topological polar surface area (TPSA) is 20.2 Å². The van der Waals surface area contributed by atoms with Crippen molar-refractivity contribution in [2.45, 2.75) is 131 Å². The molecule has 2 saturated carbocycles. The van der Waals surface area contributed by atoms with Gasteiger partial charge in [0.15, 0.2) is 0 Å². The highest BCUT2D eigenvalue weighted by Crippen LogP contribution is 2.36. The summed E-state index contributed by atoms with van der Waals surface area (Å²) in [6, 6.07) is 2.40. The normalized spacial score (nSPS) is 23.2. The highest BCUT2D eigenvalue weighted by molar-refractivity contribution is 7.12. The quantitative estimate of drug-likeness (QED) is 0.331. The molecule has 3 aliphatic carbocycles. The van der Waals surface area contributed by atoms with Crippen molar-refractivity contribution in [1.29, 1.82) is 0 Å². The zero-order valence-corrected chi connectivity index (χ0v) is 24.1. The van der Waals surface area contributed by atoms with Gasteiger partial charge in [0.1, 0.15) is 0 Å². The van der Waals surface area contributed by atoms with Crippen molar-refractivity contribution >= 4 is 16.9 Å². The molecule has 0 bridgehead atoms. The maximum atomic E-state index is 8.57. The number of aliphatic hydroxyl groups is 1. The predicted octanol–water partition coefficient (Wildman–Crippen LogP) is 11.2. The summed E-state index contributed by atoms with van der Waals surface area (Å²) in [5.41, 5.74) is 4.54. The lowest BCUT2D eigenvalue weighted by Crippen LogP contribution is -2.14. The first-order valence-electron chi connectivity index (χ1n) is 14.4. The van der Waals surface area contributed by atoms with Gasteiger partial charge in [-0.2, -0.15) is 0 Å². The van der Waals surface area contributed by atoms with E-state index in [0.29, 0.717) is 0 Å². The molecule has 0 aromatic carbocycles. The van der Waals surface area contributed by atoms with Crippen LogP contribution in [0.1, 0.15) is 134 Å². The minimum atomic E-state index is 0.758. The Morgan fingerprint density at radius 3 is 2.09 bits per heavy atom. The number of aliphatic hydroxyl groups excluding tert-OH is 1. The molecule has 0 spiro atoms. The number of rotatable bonds is 4. The Kier molecular flexibility index (Phi) is 17.2. The molecule has 1 aromatic rings. The molecule has 0 atom stereocenters. The van der Waals surface area contributed by atoms with Crippen molar-refractivity contribution in [3.8, 4) is 0 Å². The second-order valence-electron chi connectivity index (χ2n) is 9.72. The van der Waals surface area contributed by atoms with Gasteiger partial charge >= 0.3 is 0 Å². The van der Waals surface area contributed by atoms with Crippen molar-refractivity contribution in [1.82, 2.24) is 0 Å². The highest BCUT2D eigenvalue weighted by atomic mass is 32.1. The van der Waals surface area contributed by atoms with Gasteiger partial charge in [0.2, 0.25) is 0 Å². The van der Waals surface area contributed by atoms with Crippen LogP contribution in [0.5, 0.6) is 0 Å². The third-order valence-corrected chi connectivity index (χ3v) is 8.86. The van der Waals surface area contributed by atoms with Crippen molar-refractivity contribution in [2.24, 2.45) is 11.8 Å². The van der Waals surface area contributed by atoms with E-state index in [1.54, 1.807) is 27.0 Å². The summed E-state index contributed by atoms with van der Waals surface area (Å²) in [5.74, 6) is 1.72. The van der Waals surface area contributed by atoms with Gasteiger partial charge in [-0.3, -0.25) is 0 Å². The minimum Gasteiger partial charge on any atom is -0.516 e. The molecule has 0 saturated heterocycles. The van der Waals surface area contributed by atoms with Crippen LogP contribution < -0.4 is 0 Å². The summed E-state index contributed by atoms with van der Waals surface area (Å²) in [7, 11) is 0. The van der Waals surface area contributed by atoms with Crippen LogP contribution in [0.2, 0.25) is 0 Å². The fourth-order valence-corrected chi connectivity index (χ4v) is 6.41. The lowest BCUT2D eigenvalue weighted by molar-refractivity contribution is 0.295. The summed E-state index contributed by atoms with van der Waals surface area (Å²) in [4.78, 5) is 3.17. The molecule has 1 nitrogen and oxygen atoms in total. The van der Waals surface area contributed by atoms with E-state index in [9.17, 15) is 0 Å². The van der Waals surface area contributed by atoms with Gasteiger partial charge in [-0.15, -0.1) is 11.3 Å². The molecule has 3 aliphatic rings. The molecule has 2 heteroatoms. The Labute approximate surface area is 216 Å². The Morgan fingerprint density at radius 2 is 1.59 bits per heavy atom. The number of hydrogen-bond acceptors (Lipinski definition) is 2. The number of aryl methyl sites for hydroxylation is 2.